The molecule has 0 unspecified atom stereocenters. The first-order valence-corrected chi connectivity index (χ1v) is 16.8. The van der Waals surface area contributed by atoms with Gasteiger partial charge in [0.2, 0.25) is 29.5 Å². The molecule has 13 heteroatoms. The Bertz CT molecular complexity index is 1650. The molecule has 3 aromatic rings. The molecule has 3 heterocycles. The molecule has 49 heavy (non-hydrogen) atoms. The summed E-state index contributed by atoms with van der Waals surface area (Å²) < 4.78 is 5.50. The number of morpholine rings is 1. The maximum Gasteiger partial charge on any atom is 0.245 e. The lowest BCUT2D eigenvalue weighted by atomic mass is 9.99. The Kier molecular flexibility index (Phi) is 11.4. The molecular weight excluding hydrogens is 626 g/mol. The fourth-order valence-corrected chi connectivity index (χ4v) is 6.43. The van der Waals surface area contributed by atoms with Crippen molar-refractivity contribution in [1.82, 2.24) is 35.6 Å². The van der Waals surface area contributed by atoms with Crippen LogP contribution in [0.3, 0.4) is 0 Å². The molecule has 0 spiro atoms. The van der Waals surface area contributed by atoms with Gasteiger partial charge in [0.25, 0.3) is 0 Å². The summed E-state index contributed by atoms with van der Waals surface area (Å²) in [6, 6.07) is 14.0. The van der Waals surface area contributed by atoms with Crippen LogP contribution in [0.25, 0.3) is 10.9 Å². The maximum atomic E-state index is 14.1. The highest BCUT2D eigenvalue weighted by Crippen LogP contribution is 2.21. The molecule has 5 rings (SSSR count). The van der Waals surface area contributed by atoms with E-state index in [0.717, 1.165) is 22.0 Å². The van der Waals surface area contributed by atoms with Gasteiger partial charge in [-0.05, 0) is 38.0 Å². The second-order valence-electron chi connectivity index (χ2n) is 13.2. The van der Waals surface area contributed by atoms with Crippen LogP contribution in [0, 0.1) is 0 Å². The highest BCUT2D eigenvalue weighted by molar-refractivity contribution is 5.96. The van der Waals surface area contributed by atoms with Crippen LogP contribution in [0.5, 0.6) is 0 Å². The van der Waals surface area contributed by atoms with E-state index in [1.807, 2.05) is 79.5 Å². The Morgan fingerprint density at radius 2 is 1.57 bits per heavy atom. The van der Waals surface area contributed by atoms with Crippen LogP contribution in [0.2, 0.25) is 0 Å². The molecule has 3 atom stereocenters. The number of carbonyl (C=O) groups is 5. The second-order valence-corrected chi connectivity index (χ2v) is 13.2. The van der Waals surface area contributed by atoms with Crippen LogP contribution in [-0.2, 0) is 41.6 Å². The number of aromatic amines is 1. The third kappa shape index (κ3) is 8.46. The van der Waals surface area contributed by atoms with Gasteiger partial charge >= 0.3 is 0 Å². The summed E-state index contributed by atoms with van der Waals surface area (Å²) in [6.07, 6.45) is 2.18. The van der Waals surface area contributed by atoms with Gasteiger partial charge in [-0.25, -0.2) is 0 Å². The van der Waals surface area contributed by atoms with Crippen molar-refractivity contribution in [3.63, 3.8) is 0 Å². The summed E-state index contributed by atoms with van der Waals surface area (Å²) in [4.78, 5) is 77.1. The van der Waals surface area contributed by atoms with Crippen molar-refractivity contribution < 1.29 is 28.7 Å². The van der Waals surface area contributed by atoms with Gasteiger partial charge in [0.1, 0.15) is 18.1 Å². The number of nitrogens with zero attached hydrogens (tertiary/aromatic N) is 3. The van der Waals surface area contributed by atoms with E-state index in [2.05, 4.69) is 20.9 Å². The fourth-order valence-electron chi connectivity index (χ4n) is 6.43. The number of benzene rings is 2. The molecule has 262 valence electrons. The molecule has 0 bridgehead atoms. The van der Waals surface area contributed by atoms with Gasteiger partial charge in [-0.3, -0.25) is 28.9 Å². The lowest BCUT2D eigenvalue weighted by Gasteiger charge is -2.42. The minimum Gasteiger partial charge on any atom is -0.379 e. The van der Waals surface area contributed by atoms with Crippen LogP contribution in [-0.4, -0.2) is 126 Å². The quantitative estimate of drug-likeness (QED) is 0.302. The SMILES string of the molecule is C[C@H]1C(=O)N[C@@H](Cc2ccccc2)C(=O)NCCN(C(=O)C(C)(C)N2CCOCC2)CC(=O)N[C@@H](Cc2c[nH]c3ccccc23)C(=O)N1C. The number of rotatable bonds is 6. The highest BCUT2D eigenvalue weighted by atomic mass is 16.5. The third-order valence-electron chi connectivity index (χ3n) is 9.58. The van der Waals surface area contributed by atoms with Gasteiger partial charge < -0.3 is 35.5 Å². The van der Waals surface area contributed by atoms with Gasteiger partial charge in [-0.2, -0.15) is 0 Å². The number of nitrogens with one attached hydrogen (secondary N) is 4. The molecule has 5 amide bonds. The maximum absolute atomic E-state index is 14.1. The summed E-state index contributed by atoms with van der Waals surface area (Å²) in [7, 11) is 1.51. The van der Waals surface area contributed by atoms with Crippen LogP contribution in [0.1, 0.15) is 31.9 Å². The van der Waals surface area contributed by atoms with Crippen LogP contribution in [0.15, 0.2) is 60.8 Å². The van der Waals surface area contributed by atoms with E-state index in [4.69, 9.17) is 4.74 Å². The molecular formula is C36H47N7O6. The van der Waals surface area contributed by atoms with E-state index < -0.39 is 47.3 Å². The molecule has 2 aliphatic heterocycles. The molecule has 1 aromatic heterocycles. The molecule has 0 aliphatic carbocycles. The normalized spacial score (nSPS) is 22.6. The summed E-state index contributed by atoms with van der Waals surface area (Å²) in [6.45, 7) is 7.07. The number of amides is 5. The standard InChI is InChI=1S/C36H47N7O6/c1-24-32(45)40-29(20-25-10-6-5-7-11-25)33(46)37-14-15-42(35(48)36(2,3)43-16-18-49-19-17-43)23-31(44)39-30(34(47)41(24)4)21-26-22-38-28-13-9-8-12-27(26)28/h5-13,22,24,29-30,38H,14-21,23H2,1-4H3,(H,37,46)(H,39,44)(H,40,45)/t24-,29-,30-/m0/s1. The van der Waals surface area contributed by atoms with Crippen molar-refractivity contribution in [3.8, 4) is 0 Å². The summed E-state index contributed by atoms with van der Waals surface area (Å²) in [5.41, 5.74) is 1.58. The van der Waals surface area contributed by atoms with Crippen molar-refractivity contribution in [1.29, 1.82) is 0 Å². The molecule has 2 fully saturated rings. The first-order chi connectivity index (χ1) is 23.5. The largest absolute Gasteiger partial charge is 0.379 e. The first kappa shape index (κ1) is 35.6. The molecule has 4 N–H and O–H groups in total. The number of aromatic nitrogens is 1. The van der Waals surface area contributed by atoms with Crippen molar-refractivity contribution in [2.75, 3.05) is 53.0 Å². The van der Waals surface area contributed by atoms with Gasteiger partial charge in [-0.1, -0.05) is 48.5 Å². The highest BCUT2D eigenvalue weighted by Gasteiger charge is 2.40. The zero-order chi connectivity index (χ0) is 35.1. The van der Waals surface area contributed by atoms with Crippen molar-refractivity contribution >= 4 is 40.4 Å². The van der Waals surface area contributed by atoms with Crippen LogP contribution < -0.4 is 16.0 Å². The van der Waals surface area contributed by atoms with Crippen molar-refractivity contribution in [3.05, 3.63) is 71.9 Å². The monoisotopic (exact) mass is 673 g/mol. The number of carbonyl (C=O) groups excluding carboxylic acids is 5. The van der Waals surface area contributed by atoms with E-state index in [1.165, 1.54) is 16.8 Å². The van der Waals surface area contributed by atoms with Crippen molar-refractivity contribution in [2.45, 2.75) is 57.3 Å². The average Bonchev–Trinajstić information content (AvgIpc) is 3.52. The lowest BCUT2D eigenvalue weighted by Crippen LogP contribution is -2.61. The Labute approximate surface area is 286 Å². The number of fused-ring (bicyclic) bond motifs is 1. The number of hydrogen-bond acceptors (Lipinski definition) is 7. The topological polar surface area (TPSA) is 156 Å². The van der Waals surface area contributed by atoms with E-state index >= 15 is 0 Å². The average molecular weight is 674 g/mol. The molecule has 2 aromatic carbocycles. The molecule has 0 radical (unpaired) electrons. The number of H-pyrrole nitrogens is 1. The van der Waals surface area contributed by atoms with Crippen LogP contribution >= 0.6 is 0 Å². The van der Waals surface area contributed by atoms with Crippen molar-refractivity contribution in [2.24, 2.45) is 0 Å². The number of ether oxygens (including phenoxy) is 1. The van der Waals surface area contributed by atoms with E-state index in [0.29, 0.717) is 26.3 Å². The van der Waals surface area contributed by atoms with E-state index in [1.54, 1.807) is 6.92 Å². The molecule has 2 saturated heterocycles. The summed E-state index contributed by atoms with van der Waals surface area (Å²) in [5.74, 6) is -2.25. The minimum absolute atomic E-state index is 0.0368. The van der Waals surface area contributed by atoms with Gasteiger partial charge in [0, 0.05) is 63.2 Å². The number of hydrogen-bond donors (Lipinski definition) is 4. The van der Waals surface area contributed by atoms with Gasteiger partial charge in [0.15, 0.2) is 0 Å². The van der Waals surface area contributed by atoms with E-state index in [-0.39, 0.29) is 38.4 Å². The zero-order valence-electron chi connectivity index (χ0n) is 28.7. The molecule has 2 aliphatic rings. The molecule has 0 saturated carbocycles. The lowest BCUT2D eigenvalue weighted by molar-refractivity contribution is -0.148. The Morgan fingerprint density at radius 3 is 2.31 bits per heavy atom. The first-order valence-electron chi connectivity index (χ1n) is 16.8. The Hall–Kier alpha value is -4.75. The fraction of sp³-hybridized carbons (Fsp3) is 0.472. The number of likely N-dealkylation sites (N-methyl/N-ethyl adjacent to an activating group) is 1. The predicted octanol–water partition coefficient (Wildman–Crippen LogP) is 0.839. The smallest absolute Gasteiger partial charge is 0.245 e. The zero-order valence-corrected chi connectivity index (χ0v) is 28.7. The van der Waals surface area contributed by atoms with Gasteiger partial charge in [0.05, 0.1) is 25.3 Å². The summed E-state index contributed by atoms with van der Waals surface area (Å²) in [5, 5.41) is 9.50. The number of para-hydroxylation sites is 1. The van der Waals surface area contributed by atoms with Gasteiger partial charge in [-0.15, -0.1) is 0 Å². The van der Waals surface area contributed by atoms with E-state index in [9.17, 15) is 24.0 Å². The summed E-state index contributed by atoms with van der Waals surface area (Å²) >= 11 is 0. The molecule has 13 nitrogen and oxygen atoms in total. The predicted molar refractivity (Wildman–Crippen MR) is 184 cm³/mol. The Morgan fingerprint density at radius 1 is 0.878 bits per heavy atom. The second kappa shape index (κ2) is 15.6. The third-order valence-corrected chi connectivity index (χ3v) is 9.58. The Balaban J connectivity index is 1.46. The minimum atomic E-state index is -1.04. The van der Waals surface area contributed by atoms with Crippen LogP contribution in [0.4, 0.5) is 0 Å².